The van der Waals surface area contributed by atoms with Gasteiger partial charge < -0.3 is 4.90 Å². The number of carbonyl (C=O) groups excluding carboxylic acids is 1. The molecule has 88 valence electrons. The van der Waals surface area contributed by atoms with Crippen LogP contribution in [0.15, 0.2) is 18.2 Å². The van der Waals surface area contributed by atoms with Gasteiger partial charge in [-0.15, -0.1) is 0 Å². The van der Waals surface area contributed by atoms with Crippen molar-refractivity contribution in [3.05, 3.63) is 35.4 Å². The number of amides is 1. The van der Waals surface area contributed by atoms with Gasteiger partial charge in [0, 0.05) is 13.6 Å². The Morgan fingerprint density at radius 2 is 2.06 bits per heavy atom. The van der Waals surface area contributed by atoms with Gasteiger partial charge >= 0.3 is 0 Å². The quantitative estimate of drug-likeness (QED) is 0.774. The van der Waals surface area contributed by atoms with Crippen LogP contribution in [0.25, 0.3) is 0 Å². The van der Waals surface area contributed by atoms with Crippen molar-refractivity contribution in [1.29, 1.82) is 0 Å². The van der Waals surface area contributed by atoms with Crippen molar-refractivity contribution in [2.45, 2.75) is 19.8 Å². The van der Waals surface area contributed by atoms with E-state index in [0.717, 1.165) is 31.0 Å². The van der Waals surface area contributed by atoms with Crippen LogP contribution in [0, 0.1) is 11.6 Å². The van der Waals surface area contributed by atoms with Crippen molar-refractivity contribution in [3.8, 4) is 0 Å². The van der Waals surface area contributed by atoms with E-state index in [1.54, 1.807) is 7.05 Å². The molecule has 1 rings (SSSR count). The summed E-state index contributed by atoms with van der Waals surface area (Å²) in [5, 5.41) is 0. The Kier molecular flexibility index (Phi) is 4.40. The topological polar surface area (TPSA) is 20.3 Å². The third-order valence-electron chi connectivity index (χ3n) is 2.35. The van der Waals surface area contributed by atoms with Crippen LogP contribution in [0.3, 0.4) is 0 Å². The predicted molar refractivity (Wildman–Crippen MR) is 58.2 cm³/mol. The third-order valence-corrected chi connectivity index (χ3v) is 2.35. The van der Waals surface area contributed by atoms with Crippen LogP contribution in [0.1, 0.15) is 30.1 Å². The fourth-order valence-corrected chi connectivity index (χ4v) is 1.36. The largest absolute Gasteiger partial charge is 0.342 e. The minimum atomic E-state index is -0.685. The molecule has 16 heavy (non-hydrogen) atoms. The molecule has 0 heterocycles. The molecule has 1 aromatic rings. The molecule has 0 aliphatic rings. The van der Waals surface area contributed by atoms with E-state index in [4.69, 9.17) is 0 Å². The van der Waals surface area contributed by atoms with Crippen LogP contribution in [-0.2, 0) is 0 Å². The van der Waals surface area contributed by atoms with Crippen molar-refractivity contribution in [2.75, 3.05) is 13.6 Å². The van der Waals surface area contributed by atoms with Gasteiger partial charge in [0.1, 0.15) is 11.6 Å². The summed E-state index contributed by atoms with van der Waals surface area (Å²) in [6.07, 6.45) is 1.79. The minimum absolute atomic E-state index is 0.210. The van der Waals surface area contributed by atoms with E-state index in [1.807, 2.05) is 6.92 Å². The summed E-state index contributed by atoms with van der Waals surface area (Å²) in [6, 6.07) is 2.90. The molecular formula is C12H15F2NO. The number of benzene rings is 1. The van der Waals surface area contributed by atoms with Gasteiger partial charge in [0.2, 0.25) is 0 Å². The van der Waals surface area contributed by atoms with Gasteiger partial charge in [0.25, 0.3) is 5.91 Å². The summed E-state index contributed by atoms with van der Waals surface area (Å²) in [5.74, 6) is -1.77. The zero-order chi connectivity index (χ0) is 12.1. The van der Waals surface area contributed by atoms with Crippen LogP contribution in [0.2, 0.25) is 0 Å². The highest BCUT2D eigenvalue weighted by Crippen LogP contribution is 2.12. The highest BCUT2D eigenvalue weighted by Gasteiger charge is 2.16. The molecule has 0 spiro atoms. The van der Waals surface area contributed by atoms with Crippen molar-refractivity contribution in [3.63, 3.8) is 0 Å². The van der Waals surface area contributed by atoms with Gasteiger partial charge in [0.15, 0.2) is 0 Å². The van der Waals surface area contributed by atoms with Crippen molar-refractivity contribution in [2.24, 2.45) is 0 Å². The van der Waals surface area contributed by atoms with Gasteiger partial charge in [-0.3, -0.25) is 4.79 Å². The van der Waals surface area contributed by atoms with Crippen LogP contribution < -0.4 is 0 Å². The number of hydrogen-bond acceptors (Lipinski definition) is 1. The highest BCUT2D eigenvalue weighted by molar-refractivity contribution is 5.94. The lowest BCUT2D eigenvalue weighted by Crippen LogP contribution is -2.28. The van der Waals surface area contributed by atoms with Crippen LogP contribution in [0.4, 0.5) is 8.78 Å². The van der Waals surface area contributed by atoms with Crippen LogP contribution in [0.5, 0.6) is 0 Å². The lowest BCUT2D eigenvalue weighted by Gasteiger charge is -2.17. The summed E-state index contributed by atoms with van der Waals surface area (Å²) in [6.45, 7) is 2.55. The lowest BCUT2D eigenvalue weighted by molar-refractivity contribution is 0.0788. The van der Waals surface area contributed by atoms with Gasteiger partial charge in [-0.05, 0) is 24.6 Å². The van der Waals surface area contributed by atoms with Gasteiger partial charge in [-0.2, -0.15) is 0 Å². The molecule has 4 heteroatoms. The summed E-state index contributed by atoms with van der Waals surface area (Å²) in [7, 11) is 1.59. The molecule has 1 amide bonds. The second-order valence-electron chi connectivity index (χ2n) is 3.70. The van der Waals surface area contributed by atoms with Crippen molar-refractivity contribution < 1.29 is 13.6 Å². The maximum atomic E-state index is 13.3. The Bertz CT molecular complexity index is 379. The van der Waals surface area contributed by atoms with Gasteiger partial charge in [0.05, 0.1) is 5.56 Å². The molecule has 0 saturated heterocycles. The molecule has 0 saturated carbocycles. The summed E-state index contributed by atoms with van der Waals surface area (Å²) in [4.78, 5) is 13.1. The molecular weight excluding hydrogens is 212 g/mol. The van der Waals surface area contributed by atoms with Crippen molar-refractivity contribution in [1.82, 2.24) is 4.90 Å². The Morgan fingerprint density at radius 3 is 2.69 bits per heavy atom. The molecule has 0 fully saturated rings. The van der Waals surface area contributed by atoms with E-state index >= 15 is 0 Å². The molecule has 1 aromatic carbocycles. The Balaban J connectivity index is 2.83. The summed E-state index contributed by atoms with van der Waals surface area (Å²) < 4.78 is 26.2. The lowest BCUT2D eigenvalue weighted by atomic mass is 10.1. The maximum absolute atomic E-state index is 13.3. The van der Waals surface area contributed by atoms with Gasteiger partial charge in [-0.1, -0.05) is 13.3 Å². The zero-order valence-electron chi connectivity index (χ0n) is 9.46. The normalized spacial score (nSPS) is 10.2. The Labute approximate surface area is 93.9 Å². The molecule has 0 bridgehead atoms. The standard InChI is InChI=1S/C12H15F2NO/c1-3-4-7-15(2)12(16)10-8-9(13)5-6-11(10)14/h5-6,8H,3-4,7H2,1-2H3. The Morgan fingerprint density at radius 1 is 1.38 bits per heavy atom. The first-order chi connectivity index (χ1) is 7.56. The molecule has 0 radical (unpaired) electrons. The minimum Gasteiger partial charge on any atom is -0.342 e. The third kappa shape index (κ3) is 3.02. The number of halogens is 2. The molecule has 0 aromatic heterocycles. The Hall–Kier alpha value is -1.45. The smallest absolute Gasteiger partial charge is 0.256 e. The van der Waals surface area contributed by atoms with Crippen LogP contribution >= 0.6 is 0 Å². The number of hydrogen-bond donors (Lipinski definition) is 0. The van der Waals surface area contributed by atoms with E-state index in [0.29, 0.717) is 6.54 Å². The van der Waals surface area contributed by atoms with E-state index in [-0.39, 0.29) is 5.56 Å². The first-order valence-corrected chi connectivity index (χ1v) is 5.26. The summed E-state index contributed by atoms with van der Waals surface area (Å²) >= 11 is 0. The fraction of sp³-hybridized carbons (Fsp3) is 0.417. The SMILES string of the molecule is CCCCN(C)C(=O)c1cc(F)ccc1F. The average molecular weight is 227 g/mol. The number of rotatable bonds is 4. The number of carbonyl (C=O) groups is 1. The molecule has 0 aliphatic carbocycles. The molecule has 0 aliphatic heterocycles. The van der Waals surface area contributed by atoms with Gasteiger partial charge in [-0.25, -0.2) is 8.78 Å². The van der Waals surface area contributed by atoms with E-state index in [9.17, 15) is 13.6 Å². The number of nitrogens with zero attached hydrogens (tertiary/aromatic N) is 1. The number of unbranched alkanes of at least 4 members (excludes halogenated alkanes) is 1. The monoisotopic (exact) mass is 227 g/mol. The van der Waals surface area contributed by atoms with E-state index in [2.05, 4.69) is 0 Å². The fourth-order valence-electron chi connectivity index (χ4n) is 1.36. The molecule has 2 nitrogen and oxygen atoms in total. The first kappa shape index (κ1) is 12.6. The van der Waals surface area contributed by atoms with Crippen LogP contribution in [-0.4, -0.2) is 24.4 Å². The first-order valence-electron chi connectivity index (χ1n) is 5.26. The second-order valence-corrected chi connectivity index (χ2v) is 3.70. The average Bonchev–Trinajstić information content (AvgIpc) is 2.28. The zero-order valence-corrected chi connectivity index (χ0v) is 9.46. The molecule has 0 atom stereocenters. The summed E-state index contributed by atoms with van der Waals surface area (Å²) in [5.41, 5.74) is -0.210. The molecule has 0 N–H and O–H groups in total. The van der Waals surface area contributed by atoms with E-state index in [1.165, 1.54) is 4.90 Å². The highest BCUT2D eigenvalue weighted by atomic mass is 19.1. The maximum Gasteiger partial charge on any atom is 0.256 e. The second kappa shape index (κ2) is 5.58. The van der Waals surface area contributed by atoms with Crippen molar-refractivity contribution >= 4 is 5.91 Å². The predicted octanol–water partition coefficient (Wildman–Crippen LogP) is 2.84. The van der Waals surface area contributed by atoms with E-state index < -0.39 is 17.5 Å². The molecule has 0 unspecified atom stereocenters.